The van der Waals surface area contributed by atoms with E-state index in [1.54, 1.807) is 11.3 Å². The number of hydrogen-bond acceptors (Lipinski definition) is 4. The Bertz CT molecular complexity index is 323. The van der Waals surface area contributed by atoms with Gasteiger partial charge in [0.2, 0.25) is 0 Å². The third-order valence-electron chi connectivity index (χ3n) is 2.92. The number of ether oxygens (including phenoxy) is 1. The van der Waals surface area contributed by atoms with Crippen LogP contribution in [0.3, 0.4) is 0 Å². The van der Waals surface area contributed by atoms with Gasteiger partial charge < -0.3 is 15.4 Å². The van der Waals surface area contributed by atoms with Crippen molar-refractivity contribution in [2.75, 3.05) is 20.2 Å². The van der Waals surface area contributed by atoms with Gasteiger partial charge in [-0.1, -0.05) is 0 Å². The summed E-state index contributed by atoms with van der Waals surface area (Å²) in [5.41, 5.74) is 5.56. The normalized spacial score (nSPS) is 15.9. The molecule has 1 fully saturated rings. The summed E-state index contributed by atoms with van der Waals surface area (Å²) in [6, 6.07) is 5.02. The van der Waals surface area contributed by atoms with E-state index in [2.05, 4.69) is 24.1 Å². The molecule has 2 rings (SSSR count). The molecule has 0 bridgehead atoms. The van der Waals surface area contributed by atoms with E-state index in [1.807, 2.05) is 0 Å². The van der Waals surface area contributed by atoms with Crippen LogP contribution in [0, 0.1) is 0 Å². The van der Waals surface area contributed by atoms with E-state index in [0.717, 1.165) is 25.8 Å². The molecule has 0 aliphatic heterocycles. The second-order valence-corrected chi connectivity index (χ2v) is 5.59. The van der Waals surface area contributed by atoms with Gasteiger partial charge in [0.05, 0.1) is 13.2 Å². The van der Waals surface area contributed by atoms with Crippen molar-refractivity contribution in [3.8, 4) is 0 Å². The largest absolute Gasteiger partial charge is 0.375 e. The summed E-state index contributed by atoms with van der Waals surface area (Å²) in [5, 5.41) is 0. The molecule has 1 heterocycles. The lowest BCUT2D eigenvalue weighted by Crippen LogP contribution is -2.25. The van der Waals surface area contributed by atoms with Gasteiger partial charge in [-0.3, -0.25) is 0 Å². The van der Waals surface area contributed by atoms with Crippen molar-refractivity contribution in [1.29, 1.82) is 0 Å². The molecule has 0 amide bonds. The van der Waals surface area contributed by atoms with Crippen LogP contribution in [0.25, 0.3) is 0 Å². The maximum Gasteiger partial charge on any atom is 0.0810 e. The molecule has 0 spiro atoms. The third-order valence-corrected chi connectivity index (χ3v) is 4.00. The molecule has 1 aliphatic carbocycles. The van der Waals surface area contributed by atoms with Crippen molar-refractivity contribution in [2.24, 2.45) is 5.73 Å². The topological polar surface area (TPSA) is 38.5 Å². The monoisotopic (exact) mass is 240 g/mol. The van der Waals surface area contributed by atoms with Gasteiger partial charge in [0.25, 0.3) is 0 Å². The van der Waals surface area contributed by atoms with E-state index in [9.17, 15) is 0 Å². The SMILES string of the molecule is CN(CCOCc1ccc(CN)s1)C1CC1. The fourth-order valence-corrected chi connectivity index (χ4v) is 2.52. The standard InChI is InChI=1S/C12H20N2OS/c1-14(10-2-3-10)6-7-15-9-12-5-4-11(8-13)16-12/h4-5,10H,2-3,6-9,13H2,1H3. The number of thiophene rings is 1. The highest BCUT2D eigenvalue weighted by atomic mass is 32.1. The Labute approximate surface area is 101 Å². The van der Waals surface area contributed by atoms with Crippen LogP contribution in [0.5, 0.6) is 0 Å². The van der Waals surface area contributed by atoms with Crippen LogP contribution in [0.4, 0.5) is 0 Å². The maximum atomic E-state index is 5.65. The summed E-state index contributed by atoms with van der Waals surface area (Å²) in [6.07, 6.45) is 2.72. The second kappa shape index (κ2) is 5.77. The molecule has 3 nitrogen and oxygen atoms in total. The Hall–Kier alpha value is -0.420. The lowest BCUT2D eigenvalue weighted by Gasteiger charge is -2.14. The van der Waals surface area contributed by atoms with Gasteiger partial charge in [-0.15, -0.1) is 11.3 Å². The first kappa shape index (κ1) is 12.0. The quantitative estimate of drug-likeness (QED) is 0.739. The van der Waals surface area contributed by atoms with Gasteiger partial charge >= 0.3 is 0 Å². The van der Waals surface area contributed by atoms with Gasteiger partial charge in [-0.25, -0.2) is 0 Å². The maximum absolute atomic E-state index is 5.65. The third kappa shape index (κ3) is 3.56. The van der Waals surface area contributed by atoms with E-state index in [0.29, 0.717) is 6.54 Å². The van der Waals surface area contributed by atoms with Crippen LogP contribution in [-0.2, 0) is 17.9 Å². The zero-order chi connectivity index (χ0) is 11.4. The fourth-order valence-electron chi connectivity index (χ4n) is 1.69. The molecular formula is C12H20N2OS. The van der Waals surface area contributed by atoms with Gasteiger partial charge in [-0.05, 0) is 32.0 Å². The Balaban J connectivity index is 1.60. The minimum atomic E-state index is 0.634. The molecule has 1 aromatic heterocycles. The Kier molecular flexibility index (Phi) is 4.35. The van der Waals surface area contributed by atoms with Crippen LogP contribution < -0.4 is 5.73 Å². The first-order valence-electron chi connectivity index (χ1n) is 5.85. The Morgan fingerprint density at radius 1 is 1.44 bits per heavy atom. The summed E-state index contributed by atoms with van der Waals surface area (Å²) < 4.78 is 5.65. The number of nitrogens with zero attached hydrogens (tertiary/aromatic N) is 1. The van der Waals surface area contributed by atoms with Gasteiger partial charge in [0, 0.05) is 28.9 Å². The lowest BCUT2D eigenvalue weighted by atomic mass is 10.4. The van der Waals surface area contributed by atoms with E-state index < -0.39 is 0 Å². The molecule has 0 unspecified atom stereocenters. The van der Waals surface area contributed by atoms with Crippen LogP contribution in [0.1, 0.15) is 22.6 Å². The average molecular weight is 240 g/mol. The van der Waals surface area contributed by atoms with Crippen LogP contribution >= 0.6 is 11.3 Å². The first-order valence-corrected chi connectivity index (χ1v) is 6.67. The molecular weight excluding hydrogens is 220 g/mol. The Morgan fingerprint density at radius 2 is 2.19 bits per heavy atom. The summed E-state index contributed by atoms with van der Waals surface area (Å²) in [7, 11) is 2.18. The number of likely N-dealkylation sites (N-methyl/N-ethyl adjacent to an activating group) is 1. The smallest absolute Gasteiger partial charge is 0.0810 e. The highest BCUT2D eigenvalue weighted by Crippen LogP contribution is 2.24. The van der Waals surface area contributed by atoms with Crippen LogP contribution in [0.15, 0.2) is 12.1 Å². The van der Waals surface area contributed by atoms with Crippen molar-refractivity contribution in [3.63, 3.8) is 0 Å². The molecule has 2 N–H and O–H groups in total. The van der Waals surface area contributed by atoms with E-state index >= 15 is 0 Å². The van der Waals surface area contributed by atoms with Crippen LogP contribution in [0.2, 0.25) is 0 Å². The minimum absolute atomic E-state index is 0.634. The van der Waals surface area contributed by atoms with Crippen molar-refractivity contribution in [3.05, 3.63) is 21.9 Å². The highest BCUT2D eigenvalue weighted by molar-refractivity contribution is 7.11. The summed E-state index contributed by atoms with van der Waals surface area (Å²) in [4.78, 5) is 4.89. The molecule has 0 atom stereocenters. The predicted molar refractivity (Wildman–Crippen MR) is 67.5 cm³/mol. The van der Waals surface area contributed by atoms with E-state index in [-0.39, 0.29) is 0 Å². The number of nitrogens with two attached hydrogens (primary N) is 1. The van der Waals surface area contributed by atoms with Gasteiger partial charge in [0.15, 0.2) is 0 Å². The van der Waals surface area contributed by atoms with Crippen molar-refractivity contribution in [1.82, 2.24) is 4.90 Å². The van der Waals surface area contributed by atoms with Crippen molar-refractivity contribution >= 4 is 11.3 Å². The summed E-state index contributed by atoms with van der Waals surface area (Å²) in [6.45, 7) is 3.22. The first-order chi connectivity index (χ1) is 7.79. The van der Waals surface area contributed by atoms with Crippen LogP contribution in [-0.4, -0.2) is 31.1 Å². The molecule has 90 valence electrons. The molecule has 16 heavy (non-hydrogen) atoms. The minimum Gasteiger partial charge on any atom is -0.375 e. The molecule has 4 heteroatoms. The number of rotatable bonds is 7. The van der Waals surface area contributed by atoms with Crippen molar-refractivity contribution < 1.29 is 4.74 Å². The van der Waals surface area contributed by atoms with Gasteiger partial charge in [0.1, 0.15) is 0 Å². The second-order valence-electron chi connectivity index (χ2n) is 4.34. The zero-order valence-corrected chi connectivity index (χ0v) is 10.6. The molecule has 1 aliphatic rings. The average Bonchev–Trinajstić information content (AvgIpc) is 3.04. The zero-order valence-electron chi connectivity index (χ0n) is 9.82. The highest BCUT2D eigenvalue weighted by Gasteiger charge is 2.25. The number of hydrogen-bond donors (Lipinski definition) is 1. The molecule has 1 aromatic rings. The molecule has 0 radical (unpaired) electrons. The summed E-state index contributed by atoms with van der Waals surface area (Å²) in [5.74, 6) is 0. The predicted octanol–water partition coefficient (Wildman–Crippen LogP) is 1.82. The molecule has 0 aromatic carbocycles. The molecule has 1 saturated carbocycles. The lowest BCUT2D eigenvalue weighted by molar-refractivity contribution is 0.0995. The van der Waals surface area contributed by atoms with E-state index in [4.69, 9.17) is 10.5 Å². The fraction of sp³-hybridized carbons (Fsp3) is 0.667. The molecule has 0 saturated heterocycles. The van der Waals surface area contributed by atoms with Gasteiger partial charge in [-0.2, -0.15) is 0 Å². The van der Waals surface area contributed by atoms with Crippen molar-refractivity contribution in [2.45, 2.75) is 32.0 Å². The summed E-state index contributed by atoms with van der Waals surface area (Å²) >= 11 is 1.75. The Morgan fingerprint density at radius 3 is 2.81 bits per heavy atom. The van der Waals surface area contributed by atoms with E-state index in [1.165, 1.54) is 22.6 Å².